The smallest absolute Gasteiger partial charge is 0.119 e. The van der Waals surface area contributed by atoms with E-state index in [1.165, 1.54) is 55.7 Å². The number of unbranched alkanes of at least 4 members (excludes halogenated alkanes) is 8. The third-order valence-electron chi connectivity index (χ3n) is 4.85. The molecule has 0 saturated carbocycles. The van der Waals surface area contributed by atoms with Crippen molar-refractivity contribution >= 4 is 22.4 Å². The summed E-state index contributed by atoms with van der Waals surface area (Å²) in [5, 5.41) is 2.40. The second-order valence-electron chi connectivity index (χ2n) is 7.24. The number of ether oxygens (including phenoxy) is 2. The van der Waals surface area contributed by atoms with Gasteiger partial charge in [0.25, 0.3) is 0 Å². The first kappa shape index (κ1) is 21.9. The standard InChI is InChI=1S/C24H35ClO2/c1-2-3-4-10-17-26-23-14-12-22-20-24(15-13-21(22)19-23)27-18-11-8-6-5-7-9-16-25/h12-15,19-20H,2-11,16-18H2,1H3. The number of hydrogen-bond donors (Lipinski definition) is 0. The summed E-state index contributed by atoms with van der Waals surface area (Å²) in [6, 6.07) is 12.6. The summed E-state index contributed by atoms with van der Waals surface area (Å²) in [7, 11) is 0. The van der Waals surface area contributed by atoms with Crippen LogP contribution in [0.1, 0.15) is 71.1 Å². The number of benzene rings is 2. The average molecular weight is 391 g/mol. The van der Waals surface area contributed by atoms with E-state index in [0.717, 1.165) is 49.9 Å². The molecule has 150 valence electrons. The molecule has 0 bridgehead atoms. The van der Waals surface area contributed by atoms with Crippen LogP contribution in [0.2, 0.25) is 0 Å². The molecule has 27 heavy (non-hydrogen) atoms. The molecule has 0 amide bonds. The van der Waals surface area contributed by atoms with Crippen LogP contribution in [0.3, 0.4) is 0 Å². The lowest BCUT2D eigenvalue weighted by Crippen LogP contribution is -1.98. The molecule has 0 aliphatic heterocycles. The fraction of sp³-hybridized carbons (Fsp3) is 0.583. The van der Waals surface area contributed by atoms with Gasteiger partial charge in [-0.1, -0.05) is 64.0 Å². The Balaban J connectivity index is 1.71. The second kappa shape index (κ2) is 13.7. The van der Waals surface area contributed by atoms with E-state index in [4.69, 9.17) is 21.1 Å². The van der Waals surface area contributed by atoms with Crippen LogP contribution in [-0.4, -0.2) is 19.1 Å². The Kier molecular flexibility index (Phi) is 11.1. The van der Waals surface area contributed by atoms with E-state index >= 15 is 0 Å². The van der Waals surface area contributed by atoms with Gasteiger partial charge in [-0.15, -0.1) is 11.6 Å². The first-order valence-corrected chi connectivity index (χ1v) is 11.2. The van der Waals surface area contributed by atoms with Crippen molar-refractivity contribution in [1.82, 2.24) is 0 Å². The Labute approximate surface area is 170 Å². The molecule has 3 heteroatoms. The van der Waals surface area contributed by atoms with E-state index in [2.05, 4.69) is 43.3 Å². The van der Waals surface area contributed by atoms with Gasteiger partial charge in [-0.2, -0.15) is 0 Å². The highest BCUT2D eigenvalue weighted by molar-refractivity contribution is 6.17. The molecule has 2 aromatic rings. The van der Waals surface area contributed by atoms with Gasteiger partial charge in [0, 0.05) is 5.88 Å². The van der Waals surface area contributed by atoms with Gasteiger partial charge >= 0.3 is 0 Å². The Bertz CT molecular complexity index is 641. The van der Waals surface area contributed by atoms with E-state index in [0.29, 0.717) is 0 Å². The average Bonchev–Trinajstić information content (AvgIpc) is 2.70. The molecule has 0 spiro atoms. The lowest BCUT2D eigenvalue weighted by Gasteiger charge is -2.09. The maximum Gasteiger partial charge on any atom is 0.119 e. The number of rotatable bonds is 15. The molecule has 0 N–H and O–H groups in total. The predicted octanol–water partition coefficient (Wildman–Crippen LogP) is 7.76. The number of halogens is 1. The molecule has 0 radical (unpaired) electrons. The molecule has 0 aromatic heterocycles. The molecule has 0 atom stereocenters. The number of fused-ring (bicyclic) bond motifs is 1. The van der Waals surface area contributed by atoms with Crippen LogP contribution < -0.4 is 9.47 Å². The minimum atomic E-state index is 0.789. The van der Waals surface area contributed by atoms with Crippen molar-refractivity contribution in [3.63, 3.8) is 0 Å². The maximum absolute atomic E-state index is 5.92. The Hall–Kier alpha value is -1.41. The topological polar surface area (TPSA) is 18.5 Å². The molecule has 2 aromatic carbocycles. The highest BCUT2D eigenvalue weighted by Gasteiger charge is 2.01. The number of hydrogen-bond acceptors (Lipinski definition) is 2. The molecular weight excluding hydrogens is 356 g/mol. The molecule has 2 rings (SSSR count). The van der Waals surface area contributed by atoms with Crippen LogP contribution in [0.5, 0.6) is 11.5 Å². The van der Waals surface area contributed by atoms with Crippen molar-refractivity contribution < 1.29 is 9.47 Å². The van der Waals surface area contributed by atoms with Crippen LogP contribution >= 0.6 is 11.6 Å². The van der Waals surface area contributed by atoms with E-state index in [9.17, 15) is 0 Å². The molecule has 0 fully saturated rings. The highest BCUT2D eigenvalue weighted by atomic mass is 35.5. The van der Waals surface area contributed by atoms with Gasteiger partial charge in [0.1, 0.15) is 11.5 Å². The van der Waals surface area contributed by atoms with Crippen LogP contribution in [0.25, 0.3) is 10.8 Å². The van der Waals surface area contributed by atoms with Crippen LogP contribution in [-0.2, 0) is 0 Å². The Morgan fingerprint density at radius 1 is 0.630 bits per heavy atom. The van der Waals surface area contributed by atoms with E-state index in [1.54, 1.807) is 0 Å². The zero-order chi connectivity index (χ0) is 19.2. The summed E-state index contributed by atoms with van der Waals surface area (Å²) in [5.74, 6) is 2.71. The third-order valence-corrected chi connectivity index (χ3v) is 5.11. The van der Waals surface area contributed by atoms with Gasteiger partial charge in [-0.05, 0) is 54.3 Å². The Morgan fingerprint density at radius 2 is 1.11 bits per heavy atom. The summed E-state index contributed by atoms with van der Waals surface area (Å²) < 4.78 is 11.8. The molecule has 0 heterocycles. The van der Waals surface area contributed by atoms with Gasteiger partial charge < -0.3 is 9.47 Å². The summed E-state index contributed by atoms with van der Waals surface area (Å²) in [4.78, 5) is 0. The van der Waals surface area contributed by atoms with E-state index < -0.39 is 0 Å². The first-order valence-electron chi connectivity index (χ1n) is 10.7. The van der Waals surface area contributed by atoms with Crippen LogP contribution in [0.4, 0.5) is 0 Å². The van der Waals surface area contributed by atoms with Crippen LogP contribution in [0, 0.1) is 0 Å². The van der Waals surface area contributed by atoms with E-state index in [1.807, 2.05) is 0 Å². The number of alkyl halides is 1. The maximum atomic E-state index is 5.92. The molecular formula is C24H35ClO2. The summed E-state index contributed by atoms with van der Waals surface area (Å²) in [6.45, 7) is 3.82. The highest BCUT2D eigenvalue weighted by Crippen LogP contribution is 2.25. The van der Waals surface area contributed by atoms with Gasteiger partial charge in [0.2, 0.25) is 0 Å². The van der Waals surface area contributed by atoms with Crippen molar-refractivity contribution in [2.24, 2.45) is 0 Å². The van der Waals surface area contributed by atoms with Crippen molar-refractivity contribution in [3.05, 3.63) is 36.4 Å². The zero-order valence-electron chi connectivity index (χ0n) is 16.9. The van der Waals surface area contributed by atoms with Crippen molar-refractivity contribution in [1.29, 1.82) is 0 Å². The van der Waals surface area contributed by atoms with E-state index in [-0.39, 0.29) is 0 Å². The largest absolute Gasteiger partial charge is 0.494 e. The summed E-state index contributed by atoms with van der Waals surface area (Å²) >= 11 is 5.69. The molecule has 0 saturated heterocycles. The minimum Gasteiger partial charge on any atom is -0.494 e. The minimum absolute atomic E-state index is 0.789. The normalized spacial score (nSPS) is 11.0. The zero-order valence-corrected chi connectivity index (χ0v) is 17.6. The van der Waals surface area contributed by atoms with Crippen LogP contribution in [0.15, 0.2) is 36.4 Å². The molecule has 0 aliphatic rings. The Morgan fingerprint density at radius 3 is 1.63 bits per heavy atom. The fourth-order valence-electron chi connectivity index (χ4n) is 3.19. The molecule has 0 unspecified atom stereocenters. The van der Waals surface area contributed by atoms with Gasteiger partial charge in [-0.25, -0.2) is 0 Å². The second-order valence-corrected chi connectivity index (χ2v) is 7.62. The molecule has 0 aliphatic carbocycles. The lowest BCUT2D eigenvalue weighted by molar-refractivity contribution is 0.304. The lowest BCUT2D eigenvalue weighted by atomic mass is 10.1. The fourth-order valence-corrected chi connectivity index (χ4v) is 3.38. The van der Waals surface area contributed by atoms with Crippen molar-refractivity contribution in [2.75, 3.05) is 19.1 Å². The third kappa shape index (κ3) is 8.88. The van der Waals surface area contributed by atoms with Gasteiger partial charge in [-0.3, -0.25) is 0 Å². The SMILES string of the molecule is CCCCCCOc1ccc2cc(OCCCCCCCCCl)ccc2c1. The quantitative estimate of drug-likeness (QED) is 0.228. The van der Waals surface area contributed by atoms with Crippen molar-refractivity contribution in [3.8, 4) is 11.5 Å². The summed E-state index contributed by atoms with van der Waals surface area (Å²) in [6.07, 6.45) is 12.2. The summed E-state index contributed by atoms with van der Waals surface area (Å²) in [5.41, 5.74) is 0. The monoisotopic (exact) mass is 390 g/mol. The van der Waals surface area contributed by atoms with Gasteiger partial charge in [0.15, 0.2) is 0 Å². The first-order chi connectivity index (χ1) is 13.3. The van der Waals surface area contributed by atoms with Crippen molar-refractivity contribution in [2.45, 2.75) is 71.1 Å². The predicted molar refractivity (Wildman–Crippen MR) is 118 cm³/mol. The molecule has 2 nitrogen and oxygen atoms in total. The van der Waals surface area contributed by atoms with Gasteiger partial charge in [0.05, 0.1) is 13.2 Å².